The molecule has 2 aromatic carbocycles. The van der Waals surface area contributed by atoms with Gasteiger partial charge in [0.1, 0.15) is 17.3 Å². The Balaban J connectivity index is 1.68. The lowest BCUT2D eigenvalue weighted by atomic mass is 10.2. The topological polar surface area (TPSA) is 44.5 Å². The largest absolute Gasteiger partial charge is 0.493 e. The van der Waals surface area contributed by atoms with Gasteiger partial charge in [-0.25, -0.2) is 4.39 Å². The molecule has 2 N–H and O–H groups in total. The quantitative estimate of drug-likeness (QED) is 0.792. The first kappa shape index (κ1) is 15.6. The van der Waals surface area contributed by atoms with E-state index < -0.39 is 5.82 Å². The third kappa shape index (κ3) is 4.92. The van der Waals surface area contributed by atoms with E-state index in [1.807, 2.05) is 24.3 Å². The predicted octanol–water partition coefficient (Wildman–Crippen LogP) is 3.79. The molecule has 0 radical (unpaired) electrons. The molecular formula is C16H17ClFNO2. The minimum absolute atomic E-state index is 0.0895. The second-order valence-corrected chi connectivity index (χ2v) is 4.88. The molecule has 21 heavy (non-hydrogen) atoms. The van der Waals surface area contributed by atoms with Crippen molar-refractivity contribution in [2.45, 2.75) is 13.0 Å². The molecule has 2 rings (SSSR count). The Hall–Kier alpha value is -1.78. The summed E-state index contributed by atoms with van der Waals surface area (Å²) in [5.74, 6) is 0.777. The van der Waals surface area contributed by atoms with Crippen molar-refractivity contribution in [3.05, 3.63) is 58.9 Å². The summed E-state index contributed by atoms with van der Waals surface area (Å²) in [6.45, 7) is 1.49. The summed E-state index contributed by atoms with van der Waals surface area (Å²) in [6, 6.07) is 12.0. The molecular weight excluding hydrogens is 293 g/mol. The lowest BCUT2D eigenvalue weighted by Crippen LogP contribution is -2.05. The van der Waals surface area contributed by atoms with Crippen molar-refractivity contribution < 1.29 is 13.9 Å². The van der Waals surface area contributed by atoms with Gasteiger partial charge in [-0.1, -0.05) is 23.7 Å². The molecule has 0 bridgehead atoms. The molecule has 0 atom stereocenters. The van der Waals surface area contributed by atoms with Crippen molar-refractivity contribution in [3.63, 3.8) is 0 Å². The Morgan fingerprint density at radius 3 is 2.19 bits per heavy atom. The van der Waals surface area contributed by atoms with Crippen molar-refractivity contribution >= 4 is 11.6 Å². The number of nitrogens with two attached hydrogens (primary N) is 1. The highest BCUT2D eigenvalue weighted by atomic mass is 35.5. The van der Waals surface area contributed by atoms with Crippen LogP contribution in [0.1, 0.15) is 12.0 Å². The van der Waals surface area contributed by atoms with Gasteiger partial charge < -0.3 is 15.2 Å². The predicted molar refractivity (Wildman–Crippen MR) is 81.4 cm³/mol. The molecule has 0 spiro atoms. The Labute approximate surface area is 128 Å². The molecule has 0 unspecified atom stereocenters. The number of hydrogen-bond acceptors (Lipinski definition) is 3. The minimum atomic E-state index is -0.481. The Bertz CT molecular complexity index is 575. The summed E-state index contributed by atoms with van der Waals surface area (Å²) in [6.07, 6.45) is 0.697. The molecule has 0 aliphatic heterocycles. The van der Waals surface area contributed by atoms with Crippen LogP contribution in [0.2, 0.25) is 5.02 Å². The van der Waals surface area contributed by atoms with Gasteiger partial charge >= 0.3 is 0 Å². The average Bonchev–Trinajstić information content (AvgIpc) is 2.51. The van der Waals surface area contributed by atoms with Crippen LogP contribution >= 0.6 is 11.6 Å². The summed E-state index contributed by atoms with van der Waals surface area (Å²) in [5.41, 5.74) is 6.59. The molecule has 0 heterocycles. The molecule has 0 aliphatic carbocycles. The first-order valence-corrected chi connectivity index (χ1v) is 7.06. The Morgan fingerprint density at radius 1 is 0.952 bits per heavy atom. The molecule has 0 saturated heterocycles. The number of ether oxygens (including phenoxy) is 2. The van der Waals surface area contributed by atoms with E-state index in [9.17, 15) is 4.39 Å². The van der Waals surface area contributed by atoms with E-state index in [2.05, 4.69) is 0 Å². The van der Waals surface area contributed by atoms with Gasteiger partial charge in [-0.3, -0.25) is 0 Å². The van der Waals surface area contributed by atoms with Gasteiger partial charge in [-0.15, -0.1) is 0 Å². The third-order valence-electron chi connectivity index (χ3n) is 2.88. The zero-order valence-electron chi connectivity index (χ0n) is 11.5. The standard InChI is InChI=1S/C16H17ClFNO2/c17-15-7-6-14(10-16(15)18)21-9-1-8-20-13-4-2-12(11-19)3-5-13/h2-7,10H,1,8-9,11,19H2. The second kappa shape index (κ2) is 7.86. The van der Waals surface area contributed by atoms with Crippen molar-refractivity contribution in [2.24, 2.45) is 5.73 Å². The Morgan fingerprint density at radius 2 is 1.57 bits per heavy atom. The molecule has 2 aromatic rings. The van der Waals surface area contributed by atoms with E-state index >= 15 is 0 Å². The highest BCUT2D eigenvalue weighted by Gasteiger charge is 2.01. The summed E-state index contributed by atoms with van der Waals surface area (Å²) in [5, 5.41) is 0.0895. The molecule has 5 heteroatoms. The van der Waals surface area contributed by atoms with Crippen LogP contribution in [0.3, 0.4) is 0 Å². The van der Waals surface area contributed by atoms with Crippen LogP contribution < -0.4 is 15.2 Å². The van der Waals surface area contributed by atoms with Crippen LogP contribution in [0, 0.1) is 5.82 Å². The zero-order valence-corrected chi connectivity index (χ0v) is 12.3. The Kier molecular flexibility index (Phi) is 5.84. The number of hydrogen-bond donors (Lipinski definition) is 1. The van der Waals surface area contributed by atoms with Gasteiger partial charge in [-0.05, 0) is 29.8 Å². The smallest absolute Gasteiger partial charge is 0.145 e. The van der Waals surface area contributed by atoms with E-state index in [1.54, 1.807) is 6.07 Å². The van der Waals surface area contributed by atoms with Crippen molar-refractivity contribution in [2.75, 3.05) is 13.2 Å². The van der Waals surface area contributed by atoms with Gasteiger partial charge in [0.05, 0.1) is 18.2 Å². The summed E-state index contributed by atoms with van der Waals surface area (Å²) >= 11 is 5.60. The highest BCUT2D eigenvalue weighted by Crippen LogP contribution is 2.20. The maximum Gasteiger partial charge on any atom is 0.145 e. The van der Waals surface area contributed by atoms with Gasteiger partial charge in [0.2, 0.25) is 0 Å². The van der Waals surface area contributed by atoms with Gasteiger partial charge in [0.15, 0.2) is 0 Å². The van der Waals surface area contributed by atoms with Crippen molar-refractivity contribution in [1.29, 1.82) is 0 Å². The molecule has 3 nitrogen and oxygen atoms in total. The first-order chi connectivity index (χ1) is 10.2. The van der Waals surface area contributed by atoms with Gasteiger partial charge in [0, 0.05) is 19.0 Å². The fourth-order valence-electron chi connectivity index (χ4n) is 1.73. The van der Waals surface area contributed by atoms with Crippen molar-refractivity contribution in [3.8, 4) is 11.5 Å². The van der Waals surface area contributed by atoms with E-state index in [-0.39, 0.29) is 5.02 Å². The summed E-state index contributed by atoms with van der Waals surface area (Å²) in [7, 11) is 0. The SMILES string of the molecule is NCc1ccc(OCCCOc2ccc(Cl)c(F)c2)cc1. The molecule has 0 aromatic heterocycles. The maximum absolute atomic E-state index is 13.2. The van der Waals surface area contributed by atoms with Crippen LogP contribution in [0.15, 0.2) is 42.5 Å². The molecule has 0 amide bonds. The molecule has 0 fully saturated rings. The number of benzene rings is 2. The first-order valence-electron chi connectivity index (χ1n) is 6.68. The normalized spacial score (nSPS) is 10.4. The minimum Gasteiger partial charge on any atom is -0.493 e. The maximum atomic E-state index is 13.2. The molecule has 0 aliphatic rings. The third-order valence-corrected chi connectivity index (χ3v) is 3.18. The van der Waals surface area contributed by atoms with Crippen molar-refractivity contribution in [1.82, 2.24) is 0 Å². The van der Waals surface area contributed by atoms with E-state index in [0.717, 1.165) is 11.3 Å². The van der Waals surface area contributed by atoms with E-state index in [4.69, 9.17) is 26.8 Å². The fourth-order valence-corrected chi connectivity index (χ4v) is 1.84. The van der Waals surface area contributed by atoms with Crippen LogP contribution in [0.5, 0.6) is 11.5 Å². The zero-order chi connectivity index (χ0) is 15.1. The number of rotatable bonds is 7. The summed E-state index contributed by atoms with van der Waals surface area (Å²) in [4.78, 5) is 0. The average molecular weight is 310 g/mol. The molecule has 112 valence electrons. The number of halogens is 2. The highest BCUT2D eigenvalue weighted by molar-refractivity contribution is 6.30. The van der Waals surface area contributed by atoms with E-state index in [0.29, 0.717) is 31.9 Å². The van der Waals surface area contributed by atoms with E-state index in [1.165, 1.54) is 12.1 Å². The molecule has 0 saturated carbocycles. The van der Waals surface area contributed by atoms with Crippen LogP contribution in [-0.4, -0.2) is 13.2 Å². The lowest BCUT2D eigenvalue weighted by Gasteiger charge is -2.08. The summed E-state index contributed by atoms with van der Waals surface area (Å²) < 4.78 is 24.2. The monoisotopic (exact) mass is 309 g/mol. The lowest BCUT2D eigenvalue weighted by molar-refractivity contribution is 0.247. The van der Waals surface area contributed by atoms with Crippen LogP contribution in [-0.2, 0) is 6.54 Å². The van der Waals surface area contributed by atoms with Crippen LogP contribution in [0.4, 0.5) is 4.39 Å². The van der Waals surface area contributed by atoms with Gasteiger partial charge in [-0.2, -0.15) is 0 Å². The van der Waals surface area contributed by atoms with Crippen LogP contribution in [0.25, 0.3) is 0 Å². The second-order valence-electron chi connectivity index (χ2n) is 4.47. The van der Waals surface area contributed by atoms with Gasteiger partial charge in [0.25, 0.3) is 0 Å². The fraction of sp³-hybridized carbons (Fsp3) is 0.250.